The zero-order chi connectivity index (χ0) is 19.7. The first-order valence-electron chi connectivity index (χ1n) is 8.74. The number of nitrogens with one attached hydrogen (secondary N) is 1. The molecule has 0 unspecified atom stereocenters. The smallest absolute Gasteiger partial charge is 0.342 e. The number of carbonyl (C=O) groups is 3. The van der Waals surface area contributed by atoms with Gasteiger partial charge < -0.3 is 20.2 Å². The lowest BCUT2D eigenvalue weighted by Crippen LogP contribution is -2.23. The van der Waals surface area contributed by atoms with Crippen LogP contribution in [0.25, 0.3) is 0 Å². The van der Waals surface area contributed by atoms with E-state index >= 15 is 0 Å². The Kier molecular flexibility index (Phi) is 5.36. The molecule has 27 heavy (non-hydrogen) atoms. The molecular formula is C19H22N2O5S. The lowest BCUT2D eigenvalue weighted by molar-refractivity contribution is -0.119. The molecule has 1 atom stereocenters. The highest BCUT2D eigenvalue weighted by Crippen LogP contribution is 2.39. The molecule has 0 saturated heterocycles. The van der Waals surface area contributed by atoms with Crippen LogP contribution in [0.3, 0.4) is 0 Å². The van der Waals surface area contributed by atoms with Crippen LogP contribution in [-0.4, -0.2) is 24.4 Å². The predicted octanol–water partition coefficient (Wildman–Crippen LogP) is 2.98. The number of nitrogens with two attached hydrogens (primary N) is 1. The van der Waals surface area contributed by atoms with E-state index in [4.69, 9.17) is 14.9 Å². The topological polar surface area (TPSA) is 112 Å². The van der Waals surface area contributed by atoms with Crippen molar-refractivity contribution in [3.05, 3.63) is 39.2 Å². The standard InChI is InChI=1S/C19H22N2O5S/c1-9-4-5-12-14(6-9)27-18(16(12)17(20)23)21-15(22)8-25-19(24)13-7-10(2)26-11(13)3/h7,9H,4-6,8H2,1-3H3,(H2,20,23)(H,21,22)/t9-/m0/s1. The highest BCUT2D eigenvalue weighted by Gasteiger charge is 2.27. The number of aryl methyl sites for hydroxylation is 2. The van der Waals surface area contributed by atoms with Crippen molar-refractivity contribution in [1.29, 1.82) is 0 Å². The highest BCUT2D eigenvalue weighted by atomic mass is 32.1. The van der Waals surface area contributed by atoms with Crippen molar-refractivity contribution < 1.29 is 23.5 Å². The first-order valence-corrected chi connectivity index (χ1v) is 9.56. The van der Waals surface area contributed by atoms with Crippen molar-refractivity contribution in [3.8, 4) is 0 Å². The summed E-state index contributed by atoms with van der Waals surface area (Å²) in [6.45, 7) is 5.07. The zero-order valence-corrected chi connectivity index (χ0v) is 16.3. The highest BCUT2D eigenvalue weighted by molar-refractivity contribution is 7.17. The fourth-order valence-corrected chi connectivity index (χ4v) is 4.74. The van der Waals surface area contributed by atoms with Gasteiger partial charge in [-0.1, -0.05) is 6.92 Å². The van der Waals surface area contributed by atoms with Crippen LogP contribution in [-0.2, 0) is 22.4 Å². The third-order valence-corrected chi connectivity index (χ3v) is 5.78. The third kappa shape index (κ3) is 4.05. The second kappa shape index (κ2) is 7.56. The Hall–Kier alpha value is -2.61. The summed E-state index contributed by atoms with van der Waals surface area (Å²) in [5, 5.41) is 3.10. The van der Waals surface area contributed by atoms with E-state index in [1.807, 2.05) is 0 Å². The van der Waals surface area contributed by atoms with E-state index in [0.717, 1.165) is 29.7 Å². The lowest BCUT2D eigenvalue weighted by atomic mass is 9.88. The van der Waals surface area contributed by atoms with Crippen LogP contribution in [0.15, 0.2) is 10.5 Å². The number of ether oxygens (including phenoxy) is 1. The number of primary amides is 1. The number of anilines is 1. The van der Waals surface area contributed by atoms with E-state index in [9.17, 15) is 14.4 Å². The van der Waals surface area contributed by atoms with Crippen LogP contribution in [0.5, 0.6) is 0 Å². The van der Waals surface area contributed by atoms with Gasteiger partial charge in [0.05, 0.1) is 5.56 Å². The van der Waals surface area contributed by atoms with Gasteiger partial charge in [0.25, 0.3) is 11.8 Å². The Morgan fingerprint density at radius 1 is 1.37 bits per heavy atom. The van der Waals surface area contributed by atoms with Crippen molar-refractivity contribution in [2.24, 2.45) is 11.7 Å². The fraction of sp³-hybridized carbons (Fsp3) is 0.421. The number of amides is 2. The molecule has 0 fully saturated rings. The molecule has 144 valence electrons. The van der Waals surface area contributed by atoms with Crippen molar-refractivity contribution in [3.63, 3.8) is 0 Å². The number of furan rings is 1. The number of hydrogen-bond acceptors (Lipinski definition) is 6. The molecule has 0 spiro atoms. The van der Waals surface area contributed by atoms with Crippen LogP contribution in [0, 0.1) is 19.8 Å². The van der Waals surface area contributed by atoms with Gasteiger partial charge in [0.1, 0.15) is 22.1 Å². The minimum absolute atomic E-state index is 0.290. The molecule has 0 aromatic carbocycles. The Bertz CT molecular complexity index is 912. The Balaban J connectivity index is 1.68. The van der Waals surface area contributed by atoms with Crippen LogP contribution >= 0.6 is 11.3 Å². The van der Waals surface area contributed by atoms with Gasteiger partial charge in [-0.2, -0.15) is 0 Å². The first kappa shape index (κ1) is 19.2. The van der Waals surface area contributed by atoms with E-state index in [1.54, 1.807) is 19.9 Å². The normalized spacial score (nSPS) is 15.9. The van der Waals surface area contributed by atoms with Gasteiger partial charge in [-0.25, -0.2) is 4.79 Å². The Morgan fingerprint density at radius 2 is 2.11 bits per heavy atom. The first-order chi connectivity index (χ1) is 12.8. The number of hydrogen-bond donors (Lipinski definition) is 2. The monoisotopic (exact) mass is 390 g/mol. The lowest BCUT2D eigenvalue weighted by Gasteiger charge is -2.18. The molecule has 0 saturated carbocycles. The average Bonchev–Trinajstić information content (AvgIpc) is 3.11. The number of thiophene rings is 1. The van der Waals surface area contributed by atoms with Crippen molar-refractivity contribution in [1.82, 2.24) is 0 Å². The maximum absolute atomic E-state index is 12.2. The number of esters is 1. The zero-order valence-electron chi connectivity index (χ0n) is 15.5. The van der Waals surface area contributed by atoms with Crippen molar-refractivity contribution in [2.75, 3.05) is 11.9 Å². The summed E-state index contributed by atoms with van der Waals surface area (Å²) in [7, 11) is 0. The molecule has 2 aromatic heterocycles. The number of rotatable bonds is 5. The quantitative estimate of drug-likeness (QED) is 0.762. The van der Waals surface area contributed by atoms with Gasteiger partial charge in [-0.15, -0.1) is 11.3 Å². The predicted molar refractivity (Wildman–Crippen MR) is 101 cm³/mol. The van der Waals surface area contributed by atoms with E-state index < -0.39 is 24.4 Å². The minimum atomic E-state index is -0.631. The van der Waals surface area contributed by atoms with Gasteiger partial charge in [-0.05, 0) is 50.7 Å². The maximum Gasteiger partial charge on any atom is 0.342 e. The van der Waals surface area contributed by atoms with Crippen molar-refractivity contribution >= 4 is 34.1 Å². The summed E-state index contributed by atoms with van der Waals surface area (Å²) in [5.41, 5.74) is 7.13. The summed E-state index contributed by atoms with van der Waals surface area (Å²) >= 11 is 1.37. The molecular weight excluding hydrogens is 368 g/mol. The maximum atomic E-state index is 12.2. The third-order valence-electron chi connectivity index (χ3n) is 4.61. The van der Waals surface area contributed by atoms with E-state index in [-0.39, 0.29) is 0 Å². The molecule has 0 aliphatic heterocycles. The summed E-state index contributed by atoms with van der Waals surface area (Å²) in [4.78, 5) is 37.3. The van der Waals surface area contributed by atoms with Crippen LogP contribution in [0.2, 0.25) is 0 Å². The summed E-state index contributed by atoms with van der Waals surface area (Å²) in [6.07, 6.45) is 2.62. The molecule has 1 aliphatic carbocycles. The fourth-order valence-electron chi connectivity index (χ4n) is 3.30. The second-order valence-electron chi connectivity index (χ2n) is 6.87. The summed E-state index contributed by atoms with van der Waals surface area (Å²) in [6, 6.07) is 1.56. The average molecular weight is 390 g/mol. The number of fused-ring (bicyclic) bond motifs is 1. The van der Waals surface area contributed by atoms with E-state index in [2.05, 4.69) is 12.2 Å². The molecule has 2 heterocycles. The van der Waals surface area contributed by atoms with E-state index in [0.29, 0.717) is 33.6 Å². The molecule has 0 bridgehead atoms. The second-order valence-corrected chi connectivity index (χ2v) is 7.98. The molecule has 2 amide bonds. The molecule has 2 aromatic rings. The number of carbonyl (C=O) groups excluding carboxylic acids is 3. The summed E-state index contributed by atoms with van der Waals surface area (Å²) in [5.74, 6) is -0.145. The minimum Gasteiger partial charge on any atom is -0.466 e. The molecule has 8 heteroatoms. The summed E-state index contributed by atoms with van der Waals surface area (Å²) < 4.78 is 10.3. The van der Waals surface area contributed by atoms with Gasteiger partial charge >= 0.3 is 5.97 Å². The molecule has 7 nitrogen and oxygen atoms in total. The van der Waals surface area contributed by atoms with Gasteiger partial charge in [-0.3, -0.25) is 9.59 Å². The molecule has 3 rings (SSSR count). The van der Waals surface area contributed by atoms with E-state index in [1.165, 1.54) is 11.3 Å². The Morgan fingerprint density at radius 3 is 2.74 bits per heavy atom. The molecule has 3 N–H and O–H groups in total. The van der Waals surface area contributed by atoms with Crippen LogP contribution in [0.4, 0.5) is 5.00 Å². The van der Waals surface area contributed by atoms with Gasteiger partial charge in [0, 0.05) is 4.88 Å². The van der Waals surface area contributed by atoms with Gasteiger partial charge in [0.15, 0.2) is 6.61 Å². The molecule has 1 aliphatic rings. The SMILES string of the molecule is Cc1cc(C(=O)OCC(=O)Nc2sc3c(c2C(N)=O)CC[C@H](C)C3)c(C)o1. The Labute approximate surface area is 160 Å². The van der Waals surface area contributed by atoms with Crippen LogP contribution in [0.1, 0.15) is 56.0 Å². The van der Waals surface area contributed by atoms with Crippen molar-refractivity contribution in [2.45, 2.75) is 40.0 Å². The largest absolute Gasteiger partial charge is 0.466 e. The molecule has 0 radical (unpaired) electrons. The van der Waals surface area contributed by atoms with Gasteiger partial charge in [0.2, 0.25) is 0 Å². The van der Waals surface area contributed by atoms with Crippen LogP contribution < -0.4 is 11.1 Å².